The maximum Gasteiger partial charge on any atom is 0.176 e. The van der Waals surface area contributed by atoms with Gasteiger partial charge < -0.3 is 5.32 Å². The van der Waals surface area contributed by atoms with Crippen LogP contribution in [0.3, 0.4) is 0 Å². The van der Waals surface area contributed by atoms with Gasteiger partial charge in [-0.25, -0.2) is 0 Å². The van der Waals surface area contributed by atoms with Gasteiger partial charge in [0.15, 0.2) is 5.82 Å². The lowest BCUT2D eigenvalue weighted by Gasteiger charge is -2.34. The summed E-state index contributed by atoms with van der Waals surface area (Å²) in [6.07, 6.45) is 9.14. The number of rotatable bonds is 7. The van der Waals surface area contributed by atoms with Crippen LogP contribution in [0.5, 0.6) is 0 Å². The standard InChI is InChI=1S/C15H29N5/c1-4-6-12-7-9-13(10-8-12)14(16-5-2)11-15-17-19-20(3)18-15/h12-14,16H,4-11H2,1-3H3. The molecule has 1 heterocycles. The molecule has 0 aliphatic heterocycles. The zero-order valence-corrected chi connectivity index (χ0v) is 13.2. The van der Waals surface area contributed by atoms with Crippen LogP contribution >= 0.6 is 0 Å². The van der Waals surface area contributed by atoms with E-state index in [1.165, 1.54) is 38.5 Å². The van der Waals surface area contributed by atoms with Gasteiger partial charge in [-0.3, -0.25) is 0 Å². The van der Waals surface area contributed by atoms with Crippen molar-refractivity contribution in [3.05, 3.63) is 5.82 Å². The highest BCUT2D eigenvalue weighted by atomic mass is 15.6. The SMILES string of the molecule is CCCC1CCC(C(Cc2nnn(C)n2)NCC)CC1. The zero-order valence-electron chi connectivity index (χ0n) is 13.2. The van der Waals surface area contributed by atoms with E-state index >= 15 is 0 Å². The quantitative estimate of drug-likeness (QED) is 0.832. The Balaban J connectivity index is 1.88. The molecular formula is C15H29N5. The Bertz CT molecular complexity index is 381. The predicted octanol–water partition coefficient (Wildman–Crippen LogP) is 2.34. The van der Waals surface area contributed by atoms with Gasteiger partial charge >= 0.3 is 0 Å². The van der Waals surface area contributed by atoms with Crippen LogP contribution in [-0.4, -0.2) is 32.8 Å². The third-order valence-corrected chi connectivity index (χ3v) is 4.58. The summed E-state index contributed by atoms with van der Waals surface area (Å²) in [5, 5.41) is 16.0. The first kappa shape index (κ1) is 15.4. The molecule has 5 nitrogen and oxygen atoms in total. The fourth-order valence-electron chi connectivity index (χ4n) is 3.56. The Morgan fingerprint density at radius 3 is 2.55 bits per heavy atom. The molecule has 1 aliphatic rings. The molecule has 5 heteroatoms. The summed E-state index contributed by atoms with van der Waals surface area (Å²) >= 11 is 0. The summed E-state index contributed by atoms with van der Waals surface area (Å²) < 4.78 is 0. The van der Waals surface area contributed by atoms with E-state index < -0.39 is 0 Å². The number of aryl methyl sites for hydroxylation is 1. The first-order chi connectivity index (χ1) is 9.72. The Kier molecular flexibility index (Phi) is 5.95. The fraction of sp³-hybridized carbons (Fsp3) is 0.933. The first-order valence-corrected chi connectivity index (χ1v) is 8.19. The molecule has 0 radical (unpaired) electrons. The van der Waals surface area contributed by atoms with E-state index in [1.807, 2.05) is 7.05 Å². The Hall–Kier alpha value is -0.970. The number of nitrogens with zero attached hydrogens (tertiary/aromatic N) is 4. The van der Waals surface area contributed by atoms with E-state index in [-0.39, 0.29) is 0 Å². The van der Waals surface area contributed by atoms with Gasteiger partial charge in [0, 0.05) is 12.5 Å². The maximum atomic E-state index is 4.33. The molecule has 1 aromatic heterocycles. The van der Waals surface area contributed by atoms with Crippen LogP contribution in [0.15, 0.2) is 0 Å². The number of aromatic nitrogens is 4. The van der Waals surface area contributed by atoms with Crippen LogP contribution in [-0.2, 0) is 13.5 Å². The van der Waals surface area contributed by atoms with Crippen LogP contribution in [0.2, 0.25) is 0 Å². The largest absolute Gasteiger partial charge is 0.314 e. The zero-order chi connectivity index (χ0) is 14.4. The Morgan fingerprint density at radius 1 is 1.25 bits per heavy atom. The molecule has 20 heavy (non-hydrogen) atoms. The summed E-state index contributed by atoms with van der Waals surface area (Å²) in [7, 11) is 1.83. The molecule has 1 atom stereocenters. The fourth-order valence-corrected chi connectivity index (χ4v) is 3.56. The molecule has 0 spiro atoms. The topological polar surface area (TPSA) is 55.6 Å². The van der Waals surface area contributed by atoms with Crippen LogP contribution in [0.4, 0.5) is 0 Å². The average Bonchev–Trinajstić information content (AvgIpc) is 2.85. The maximum absolute atomic E-state index is 4.33. The Morgan fingerprint density at radius 2 is 2.00 bits per heavy atom. The van der Waals surface area contributed by atoms with E-state index in [2.05, 4.69) is 34.6 Å². The summed E-state index contributed by atoms with van der Waals surface area (Å²) in [5.41, 5.74) is 0. The van der Waals surface area contributed by atoms with Gasteiger partial charge in [-0.1, -0.05) is 39.5 Å². The van der Waals surface area contributed by atoms with Crippen molar-refractivity contribution < 1.29 is 0 Å². The average molecular weight is 279 g/mol. The molecule has 0 aromatic carbocycles. The molecule has 114 valence electrons. The lowest BCUT2D eigenvalue weighted by Crippen LogP contribution is -2.40. The van der Waals surface area contributed by atoms with Gasteiger partial charge in [-0.15, -0.1) is 10.2 Å². The van der Waals surface area contributed by atoms with Gasteiger partial charge in [0.2, 0.25) is 0 Å². The van der Waals surface area contributed by atoms with Gasteiger partial charge in [0.1, 0.15) is 0 Å². The van der Waals surface area contributed by atoms with Gasteiger partial charge in [0.05, 0.1) is 7.05 Å². The highest BCUT2D eigenvalue weighted by molar-refractivity contribution is 4.90. The molecule has 1 fully saturated rings. The minimum Gasteiger partial charge on any atom is -0.314 e. The normalized spacial score (nSPS) is 24.8. The predicted molar refractivity (Wildman–Crippen MR) is 80.3 cm³/mol. The van der Waals surface area contributed by atoms with Crippen LogP contribution in [0, 0.1) is 11.8 Å². The van der Waals surface area contributed by atoms with Crippen molar-refractivity contribution in [2.45, 2.75) is 64.8 Å². The number of tetrazole rings is 1. The molecule has 1 aliphatic carbocycles. The molecule has 0 amide bonds. The molecular weight excluding hydrogens is 250 g/mol. The number of likely N-dealkylation sites (N-methyl/N-ethyl adjacent to an activating group) is 1. The lowest BCUT2D eigenvalue weighted by molar-refractivity contribution is 0.212. The van der Waals surface area contributed by atoms with Crippen molar-refractivity contribution in [2.75, 3.05) is 6.54 Å². The van der Waals surface area contributed by atoms with Crippen molar-refractivity contribution in [3.63, 3.8) is 0 Å². The van der Waals surface area contributed by atoms with E-state index in [1.54, 1.807) is 4.80 Å². The summed E-state index contributed by atoms with van der Waals surface area (Å²) in [6.45, 7) is 5.49. The third-order valence-electron chi connectivity index (χ3n) is 4.58. The highest BCUT2D eigenvalue weighted by Gasteiger charge is 2.27. The molecule has 1 N–H and O–H groups in total. The number of hydrogen-bond acceptors (Lipinski definition) is 4. The first-order valence-electron chi connectivity index (χ1n) is 8.19. The highest BCUT2D eigenvalue weighted by Crippen LogP contribution is 2.33. The smallest absolute Gasteiger partial charge is 0.176 e. The van der Waals surface area contributed by atoms with Crippen molar-refractivity contribution >= 4 is 0 Å². The molecule has 0 bridgehead atoms. The lowest BCUT2D eigenvalue weighted by atomic mass is 9.76. The summed E-state index contributed by atoms with van der Waals surface area (Å²) in [5.74, 6) is 2.61. The van der Waals surface area contributed by atoms with E-state index in [9.17, 15) is 0 Å². The van der Waals surface area contributed by atoms with Gasteiger partial charge in [0.25, 0.3) is 0 Å². The minimum atomic E-state index is 0.506. The number of hydrogen-bond donors (Lipinski definition) is 1. The molecule has 1 saturated carbocycles. The molecule has 0 saturated heterocycles. The second-order valence-electron chi connectivity index (χ2n) is 6.13. The second-order valence-corrected chi connectivity index (χ2v) is 6.13. The Labute approximate surface area is 122 Å². The van der Waals surface area contributed by atoms with Gasteiger partial charge in [-0.05, 0) is 36.4 Å². The molecule has 1 unspecified atom stereocenters. The summed E-state index contributed by atoms with van der Waals surface area (Å²) in [6, 6.07) is 0.506. The minimum absolute atomic E-state index is 0.506. The van der Waals surface area contributed by atoms with Crippen molar-refractivity contribution in [3.8, 4) is 0 Å². The van der Waals surface area contributed by atoms with Crippen LogP contribution in [0.1, 0.15) is 58.2 Å². The number of nitrogens with one attached hydrogen (secondary N) is 1. The van der Waals surface area contributed by atoms with Crippen LogP contribution < -0.4 is 5.32 Å². The van der Waals surface area contributed by atoms with E-state index in [0.29, 0.717) is 6.04 Å². The van der Waals surface area contributed by atoms with Crippen molar-refractivity contribution in [1.82, 2.24) is 25.5 Å². The molecule has 1 aromatic rings. The van der Waals surface area contributed by atoms with Crippen LogP contribution in [0.25, 0.3) is 0 Å². The van der Waals surface area contributed by atoms with E-state index in [0.717, 1.165) is 30.6 Å². The second kappa shape index (κ2) is 7.72. The van der Waals surface area contributed by atoms with Crippen molar-refractivity contribution in [1.29, 1.82) is 0 Å². The monoisotopic (exact) mass is 279 g/mol. The van der Waals surface area contributed by atoms with Gasteiger partial charge in [-0.2, -0.15) is 4.80 Å². The molecule has 2 rings (SSSR count). The van der Waals surface area contributed by atoms with Crippen molar-refractivity contribution in [2.24, 2.45) is 18.9 Å². The summed E-state index contributed by atoms with van der Waals surface area (Å²) in [4.78, 5) is 1.55. The van der Waals surface area contributed by atoms with E-state index in [4.69, 9.17) is 0 Å². The third kappa shape index (κ3) is 4.27.